The summed E-state index contributed by atoms with van der Waals surface area (Å²) >= 11 is 0. The number of ether oxygens (including phenoxy) is 1. The van der Waals surface area contributed by atoms with Crippen molar-refractivity contribution in [1.82, 2.24) is 14.9 Å². The van der Waals surface area contributed by atoms with E-state index in [0.717, 1.165) is 18.4 Å². The normalized spacial score (nSPS) is 15.2. The third kappa shape index (κ3) is 4.62. The number of carbonyl (C=O) groups excluding carboxylic acids is 1. The molecule has 134 valence electrons. The van der Waals surface area contributed by atoms with Gasteiger partial charge in [0.2, 0.25) is 11.8 Å². The summed E-state index contributed by atoms with van der Waals surface area (Å²) in [6.07, 6.45) is 7.73. The van der Waals surface area contributed by atoms with Gasteiger partial charge >= 0.3 is 0 Å². The molecule has 1 aliphatic rings. The topological polar surface area (TPSA) is 98.5 Å². The maximum absolute atomic E-state index is 12.3. The van der Waals surface area contributed by atoms with Gasteiger partial charge in [0.15, 0.2) is 0 Å². The predicted molar refractivity (Wildman–Crippen MR) is 94.4 cm³/mol. The number of amides is 1. The van der Waals surface area contributed by atoms with Crippen molar-refractivity contribution in [3.8, 4) is 5.88 Å². The molecule has 1 amide bonds. The van der Waals surface area contributed by atoms with E-state index in [1.165, 1.54) is 24.5 Å². The maximum Gasteiger partial charge on any atom is 0.269 e. The molecule has 0 saturated carbocycles. The third-order valence-corrected chi connectivity index (χ3v) is 4.12. The molecule has 0 bridgehead atoms. The van der Waals surface area contributed by atoms with Crippen LogP contribution in [0.3, 0.4) is 0 Å². The summed E-state index contributed by atoms with van der Waals surface area (Å²) in [5.74, 6) is 0.465. The molecule has 2 heterocycles. The zero-order valence-electron chi connectivity index (χ0n) is 14.0. The first-order chi connectivity index (χ1) is 12.6. The van der Waals surface area contributed by atoms with E-state index in [4.69, 9.17) is 4.74 Å². The van der Waals surface area contributed by atoms with Gasteiger partial charge in [0.25, 0.3) is 5.69 Å². The van der Waals surface area contributed by atoms with Crippen LogP contribution >= 0.6 is 0 Å². The fraction of sp³-hybridized carbons (Fsp3) is 0.278. The number of nitro benzene ring substituents is 1. The number of nitro groups is 1. The molecular weight excluding hydrogens is 336 g/mol. The molecule has 1 aromatic carbocycles. The minimum atomic E-state index is -0.452. The molecule has 26 heavy (non-hydrogen) atoms. The van der Waals surface area contributed by atoms with Gasteiger partial charge in [-0.3, -0.25) is 14.9 Å². The SMILES string of the molecule is O=C(/C=C/c1ccc([N+](=O)[O-])cc1)N1CCC(Oc2ccncn2)CC1. The lowest BCUT2D eigenvalue weighted by atomic mass is 10.1. The number of rotatable bonds is 5. The summed E-state index contributed by atoms with van der Waals surface area (Å²) in [6, 6.07) is 7.78. The van der Waals surface area contributed by atoms with Crippen molar-refractivity contribution >= 4 is 17.7 Å². The lowest BCUT2D eigenvalue weighted by Crippen LogP contribution is -2.41. The molecule has 0 N–H and O–H groups in total. The number of benzene rings is 1. The highest BCUT2D eigenvalue weighted by molar-refractivity contribution is 5.91. The zero-order valence-corrected chi connectivity index (χ0v) is 14.0. The molecule has 0 spiro atoms. The van der Waals surface area contributed by atoms with Crippen LogP contribution in [0.15, 0.2) is 48.9 Å². The Kier molecular flexibility index (Phi) is 5.52. The summed E-state index contributed by atoms with van der Waals surface area (Å²) in [7, 11) is 0. The van der Waals surface area contributed by atoms with Crippen LogP contribution in [0.2, 0.25) is 0 Å². The average molecular weight is 354 g/mol. The lowest BCUT2D eigenvalue weighted by molar-refractivity contribution is -0.384. The fourth-order valence-corrected chi connectivity index (χ4v) is 2.69. The van der Waals surface area contributed by atoms with Crippen molar-refractivity contribution in [2.24, 2.45) is 0 Å². The van der Waals surface area contributed by atoms with Crippen molar-refractivity contribution in [1.29, 1.82) is 0 Å². The van der Waals surface area contributed by atoms with Crippen LogP contribution in [0, 0.1) is 10.1 Å². The van der Waals surface area contributed by atoms with Crippen LogP contribution in [-0.2, 0) is 4.79 Å². The zero-order chi connectivity index (χ0) is 18.4. The Morgan fingerprint density at radius 2 is 1.96 bits per heavy atom. The van der Waals surface area contributed by atoms with E-state index >= 15 is 0 Å². The highest BCUT2D eigenvalue weighted by Gasteiger charge is 2.23. The standard InChI is InChI=1S/C18H18N4O4/c23-18(6-3-14-1-4-15(5-2-14)22(24)25)21-11-8-16(9-12-21)26-17-7-10-19-13-20-17/h1-7,10,13,16H,8-9,11-12H2/b6-3+. The minimum Gasteiger partial charge on any atom is -0.474 e. The molecule has 0 aliphatic carbocycles. The first-order valence-corrected chi connectivity index (χ1v) is 8.26. The molecule has 1 aromatic heterocycles. The van der Waals surface area contributed by atoms with Crippen LogP contribution in [0.5, 0.6) is 5.88 Å². The van der Waals surface area contributed by atoms with Gasteiger partial charge in [0.05, 0.1) is 4.92 Å². The summed E-state index contributed by atoms with van der Waals surface area (Å²) < 4.78 is 5.78. The van der Waals surface area contributed by atoms with E-state index in [0.29, 0.717) is 19.0 Å². The molecular formula is C18H18N4O4. The average Bonchev–Trinajstić information content (AvgIpc) is 2.68. The predicted octanol–water partition coefficient (Wildman–Crippen LogP) is 2.47. The summed E-state index contributed by atoms with van der Waals surface area (Å²) in [5.41, 5.74) is 0.769. The number of hydrogen-bond acceptors (Lipinski definition) is 6. The number of nitrogens with zero attached hydrogens (tertiary/aromatic N) is 4. The molecule has 1 aliphatic heterocycles. The third-order valence-electron chi connectivity index (χ3n) is 4.12. The Morgan fingerprint density at radius 3 is 2.58 bits per heavy atom. The molecule has 2 aromatic rings. The van der Waals surface area contributed by atoms with E-state index in [1.54, 1.807) is 35.4 Å². The molecule has 8 heteroatoms. The molecule has 0 radical (unpaired) electrons. The van der Waals surface area contributed by atoms with E-state index in [1.807, 2.05) is 0 Å². The smallest absolute Gasteiger partial charge is 0.269 e. The van der Waals surface area contributed by atoms with Gasteiger partial charge in [-0.1, -0.05) is 0 Å². The number of aromatic nitrogens is 2. The van der Waals surface area contributed by atoms with Gasteiger partial charge in [-0.2, -0.15) is 0 Å². The van der Waals surface area contributed by atoms with Crippen molar-refractivity contribution in [2.45, 2.75) is 18.9 Å². The van der Waals surface area contributed by atoms with Crippen molar-refractivity contribution in [3.63, 3.8) is 0 Å². The van der Waals surface area contributed by atoms with E-state index in [-0.39, 0.29) is 17.7 Å². The second kappa shape index (κ2) is 8.19. The first kappa shape index (κ1) is 17.5. The highest BCUT2D eigenvalue weighted by Crippen LogP contribution is 2.17. The number of non-ortho nitro benzene ring substituents is 1. The number of hydrogen-bond donors (Lipinski definition) is 0. The Bertz CT molecular complexity index is 785. The van der Waals surface area contributed by atoms with Crippen LogP contribution in [-0.4, -0.2) is 44.9 Å². The number of carbonyl (C=O) groups is 1. The van der Waals surface area contributed by atoms with Gasteiger partial charge < -0.3 is 9.64 Å². The Morgan fingerprint density at radius 1 is 1.23 bits per heavy atom. The number of piperidine rings is 1. The largest absolute Gasteiger partial charge is 0.474 e. The highest BCUT2D eigenvalue weighted by atomic mass is 16.6. The summed E-state index contributed by atoms with van der Waals surface area (Å²) in [6.45, 7) is 1.22. The molecule has 8 nitrogen and oxygen atoms in total. The van der Waals surface area contributed by atoms with Gasteiger partial charge in [0.1, 0.15) is 12.4 Å². The molecule has 3 rings (SSSR count). The first-order valence-electron chi connectivity index (χ1n) is 8.26. The minimum absolute atomic E-state index is 0.0271. The van der Waals surface area contributed by atoms with Crippen molar-refractivity contribution < 1.29 is 14.5 Å². The van der Waals surface area contributed by atoms with Gasteiger partial charge in [-0.15, -0.1) is 0 Å². The van der Waals surface area contributed by atoms with Crippen LogP contribution in [0.25, 0.3) is 6.08 Å². The number of likely N-dealkylation sites (tertiary alicyclic amines) is 1. The molecule has 0 atom stereocenters. The van der Waals surface area contributed by atoms with Gasteiger partial charge in [-0.25, -0.2) is 9.97 Å². The lowest BCUT2D eigenvalue weighted by Gasteiger charge is -2.31. The van der Waals surface area contributed by atoms with Crippen molar-refractivity contribution in [3.05, 3.63) is 64.6 Å². The summed E-state index contributed by atoms with van der Waals surface area (Å²) in [5, 5.41) is 10.6. The van der Waals surface area contributed by atoms with Crippen LogP contribution < -0.4 is 4.74 Å². The molecule has 0 unspecified atom stereocenters. The molecule has 1 saturated heterocycles. The van der Waals surface area contributed by atoms with E-state index in [9.17, 15) is 14.9 Å². The molecule has 1 fully saturated rings. The second-order valence-corrected chi connectivity index (χ2v) is 5.87. The fourth-order valence-electron chi connectivity index (χ4n) is 2.69. The van der Waals surface area contributed by atoms with E-state index < -0.39 is 4.92 Å². The Balaban J connectivity index is 1.49. The monoisotopic (exact) mass is 354 g/mol. The Labute approximate surface area is 150 Å². The Hall–Kier alpha value is -3.29. The summed E-state index contributed by atoms with van der Waals surface area (Å²) in [4.78, 5) is 32.1. The van der Waals surface area contributed by atoms with Gasteiger partial charge in [0, 0.05) is 56.4 Å². The maximum atomic E-state index is 12.3. The van der Waals surface area contributed by atoms with Crippen LogP contribution in [0.1, 0.15) is 18.4 Å². The second-order valence-electron chi connectivity index (χ2n) is 5.87. The van der Waals surface area contributed by atoms with Gasteiger partial charge in [-0.05, 0) is 23.8 Å². The van der Waals surface area contributed by atoms with Crippen LogP contribution in [0.4, 0.5) is 5.69 Å². The van der Waals surface area contributed by atoms with Crippen molar-refractivity contribution in [2.75, 3.05) is 13.1 Å². The van der Waals surface area contributed by atoms with E-state index in [2.05, 4.69) is 9.97 Å². The quantitative estimate of drug-likeness (QED) is 0.465.